The minimum Gasteiger partial charge on any atom is -0.461 e. The van der Waals surface area contributed by atoms with Crippen LogP contribution in [-0.2, 0) is 11.8 Å². The van der Waals surface area contributed by atoms with Crippen LogP contribution in [0, 0.1) is 5.92 Å². The number of rotatable bonds is 0. The first-order valence-electron chi connectivity index (χ1n) is 5.28. The maximum Gasteiger partial charge on any atom is 0.129 e. The first-order valence-corrected chi connectivity index (χ1v) is 5.28. The highest BCUT2D eigenvalue weighted by Gasteiger charge is 2.22. The van der Waals surface area contributed by atoms with E-state index in [9.17, 15) is 0 Å². The van der Waals surface area contributed by atoms with E-state index in [1.54, 1.807) is 0 Å². The van der Waals surface area contributed by atoms with Crippen molar-refractivity contribution in [2.75, 3.05) is 0 Å². The lowest BCUT2D eigenvalue weighted by Gasteiger charge is -2.13. The van der Waals surface area contributed by atoms with Gasteiger partial charge in [0.05, 0.1) is 0 Å². The summed E-state index contributed by atoms with van der Waals surface area (Å²) >= 11 is 0. The normalized spacial score (nSPS) is 21.0. The average Bonchev–Trinajstić information content (AvgIpc) is 2.45. The van der Waals surface area contributed by atoms with Crippen molar-refractivity contribution in [3.8, 4) is 0 Å². The fraction of sp³-hybridized carbons (Fsp3) is 0.538. The van der Waals surface area contributed by atoms with Gasteiger partial charge in [-0.05, 0) is 30.0 Å². The summed E-state index contributed by atoms with van der Waals surface area (Å²) in [6.45, 7) is 8.79. The Hall–Kier alpha value is -0.980. The van der Waals surface area contributed by atoms with E-state index >= 15 is 0 Å². The third-order valence-electron chi connectivity index (χ3n) is 2.70. The molecule has 0 saturated heterocycles. The maximum atomic E-state index is 5.83. The highest BCUT2D eigenvalue weighted by Crippen LogP contribution is 2.31. The predicted molar refractivity (Wildman–Crippen MR) is 59.3 cm³/mol. The van der Waals surface area contributed by atoms with Crippen LogP contribution in [0.3, 0.4) is 0 Å². The zero-order chi connectivity index (χ0) is 10.3. The van der Waals surface area contributed by atoms with E-state index in [0.29, 0.717) is 5.92 Å². The molecule has 0 fully saturated rings. The third-order valence-corrected chi connectivity index (χ3v) is 2.70. The van der Waals surface area contributed by atoms with E-state index in [-0.39, 0.29) is 5.41 Å². The molecule has 0 bridgehead atoms. The van der Waals surface area contributed by atoms with Crippen LogP contribution >= 0.6 is 0 Å². The molecule has 0 saturated carbocycles. The smallest absolute Gasteiger partial charge is 0.129 e. The molecule has 0 aliphatic heterocycles. The molecule has 1 aromatic heterocycles. The summed E-state index contributed by atoms with van der Waals surface area (Å²) in [4.78, 5) is 0. The van der Waals surface area contributed by atoms with E-state index in [4.69, 9.17) is 4.42 Å². The Morgan fingerprint density at radius 1 is 1.36 bits per heavy atom. The molecule has 0 amide bonds. The Kier molecular flexibility index (Phi) is 2.06. The van der Waals surface area contributed by atoms with Crippen molar-refractivity contribution in [3.63, 3.8) is 0 Å². The maximum absolute atomic E-state index is 5.83. The second-order valence-corrected chi connectivity index (χ2v) is 5.29. The summed E-state index contributed by atoms with van der Waals surface area (Å²) in [6.07, 6.45) is 5.45. The van der Waals surface area contributed by atoms with Gasteiger partial charge in [-0.15, -0.1) is 0 Å². The van der Waals surface area contributed by atoms with Crippen molar-refractivity contribution < 1.29 is 4.42 Å². The highest BCUT2D eigenvalue weighted by atomic mass is 16.3. The van der Waals surface area contributed by atoms with Gasteiger partial charge in [0.15, 0.2) is 0 Å². The van der Waals surface area contributed by atoms with Crippen molar-refractivity contribution in [1.82, 2.24) is 0 Å². The lowest BCUT2D eigenvalue weighted by atomic mass is 9.91. The standard InChI is InChI=1S/C13H18O/c1-9-5-6-11-10(7-9)8-12(14-11)13(2,3)4/h5-6,8-9H,7H2,1-4H3. The van der Waals surface area contributed by atoms with Crippen LogP contribution in [0.1, 0.15) is 44.8 Å². The average molecular weight is 190 g/mol. The molecule has 1 aromatic rings. The Labute approximate surface area is 85.8 Å². The zero-order valence-electron chi connectivity index (χ0n) is 9.42. The molecule has 1 heteroatoms. The Bertz CT molecular complexity index is 363. The van der Waals surface area contributed by atoms with Crippen LogP contribution in [0.4, 0.5) is 0 Å². The zero-order valence-corrected chi connectivity index (χ0v) is 9.42. The fourth-order valence-electron chi connectivity index (χ4n) is 1.78. The van der Waals surface area contributed by atoms with Crippen molar-refractivity contribution in [2.24, 2.45) is 5.92 Å². The monoisotopic (exact) mass is 190 g/mol. The predicted octanol–water partition coefficient (Wildman–Crippen LogP) is 3.78. The van der Waals surface area contributed by atoms with Gasteiger partial charge in [-0.3, -0.25) is 0 Å². The summed E-state index contributed by atoms with van der Waals surface area (Å²) in [5.41, 5.74) is 1.49. The lowest BCUT2D eigenvalue weighted by Crippen LogP contribution is -2.09. The van der Waals surface area contributed by atoms with E-state index in [2.05, 4.69) is 45.9 Å². The van der Waals surface area contributed by atoms with Gasteiger partial charge in [0.25, 0.3) is 0 Å². The van der Waals surface area contributed by atoms with Crippen molar-refractivity contribution in [2.45, 2.75) is 39.5 Å². The van der Waals surface area contributed by atoms with Gasteiger partial charge in [0, 0.05) is 5.41 Å². The molecule has 2 rings (SSSR count). The first-order chi connectivity index (χ1) is 6.47. The third kappa shape index (κ3) is 1.63. The minimum atomic E-state index is 0.119. The van der Waals surface area contributed by atoms with Gasteiger partial charge in [-0.25, -0.2) is 0 Å². The largest absolute Gasteiger partial charge is 0.461 e. The Morgan fingerprint density at radius 3 is 2.71 bits per heavy atom. The van der Waals surface area contributed by atoms with Crippen LogP contribution in [-0.4, -0.2) is 0 Å². The van der Waals surface area contributed by atoms with Gasteiger partial charge in [0.1, 0.15) is 11.5 Å². The number of hydrogen-bond acceptors (Lipinski definition) is 1. The van der Waals surface area contributed by atoms with E-state index in [1.807, 2.05) is 0 Å². The molecule has 1 heterocycles. The van der Waals surface area contributed by atoms with E-state index in [1.165, 1.54) is 5.56 Å². The second kappa shape index (κ2) is 3.01. The molecule has 0 aromatic carbocycles. The molecular formula is C13H18O. The molecular weight excluding hydrogens is 172 g/mol. The van der Waals surface area contributed by atoms with Gasteiger partial charge < -0.3 is 4.42 Å². The van der Waals surface area contributed by atoms with Crippen LogP contribution in [0.15, 0.2) is 16.6 Å². The van der Waals surface area contributed by atoms with Crippen LogP contribution < -0.4 is 0 Å². The molecule has 1 unspecified atom stereocenters. The Balaban J connectivity index is 2.39. The van der Waals surface area contributed by atoms with Crippen molar-refractivity contribution in [1.29, 1.82) is 0 Å². The molecule has 0 N–H and O–H groups in total. The van der Waals surface area contributed by atoms with Gasteiger partial charge in [0.2, 0.25) is 0 Å². The topological polar surface area (TPSA) is 13.1 Å². The van der Waals surface area contributed by atoms with E-state index in [0.717, 1.165) is 17.9 Å². The molecule has 0 radical (unpaired) electrons. The lowest BCUT2D eigenvalue weighted by molar-refractivity contribution is 0.403. The molecule has 1 atom stereocenters. The van der Waals surface area contributed by atoms with Gasteiger partial charge >= 0.3 is 0 Å². The van der Waals surface area contributed by atoms with Crippen LogP contribution in [0.25, 0.3) is 6.08 Å². The first kappa shape index (κ1) is 9.57. The van der Waals surface area contributed by atoms with Gasteiger partial charge in [-0.2, -0.15) is 0 Å². The molecule has 1 aliphatic carbocycles. The molecule has 0 spiro atoms. The fourth-order valence-corrected chi connectivity index (χ4v) is 1.78. The summed E-state index contributed by atoms with van der Waals surface area (Å²) in [5.74, 6) is 2.81. The molecule has 76 valence electrons. The second-order valence-electron chi connectivity index (χ2n) is 5.29. The van der Waals surface area contributed by atoms with Gasteiger partial charge in [-0.1, -0.05) is 33.8 Å². The van der Waals surface area contributed by atoms with Crippen molar-refractivity contribution in [3.05, 3.63) is 29.2 Å². The number of fused-ring (bicyclic) bond motifs is 1. The summed E-state index contributed by atoms with van der Waals surface area (Å²) in [6, 6.07) is 2.22. The van der Waals surface area contributed by atoms with Crippen LogP contribution in [0.5, 0.6) is 0 Å². The minimum absolute atomic E-state index is 0.119. The Morgan fingerprint density at radius 2 is 2.07 bits per heavy atom. The quantitative estimate of drug-likeness (QED) is 0.606. The van der Waals surface area contributed by atoms with E-state index < -0.39 is 0 Å². The molecule has 14 heavy (non-hydrogen) atoms. The number of hydrogen-bond donors (Lipinski definition) is 0. The number of allylic oxidation sites excluding steroid dienone is 1. The molecule has 1 nitrogen and oxygen atoms in total. The number of furan rings is 1. The summed E-state index contributed by atoms with van der Waals surface area (Å²) in [7, 11) is 0. The summed E-state index contributed by atoms with van der Waals surface area (Å²) < 4.78 is 5.83. The highest BCUT2D eigenvalue weighted by molar-refractivity contribution is 5.52. The molecule has 1 aliphatic rings. The van der Waals surface area contributed by atoms with Crippen LogP contribution in [0.2, 0.25) is 0 Å². The van der Waals surface area contributed by atoms with Crippen molar-refractivity contribution >= 4 is 6.08 Å². The summed E-state index contributed by atoms with van der Waals surface area (Å²) in [5, 5.41) is 0. The SMILES string of the molecule is CC1C=Cc2oc(C(C)(C)C)cc2C1.